The van der Waals surface area contributed by atoms with Gasteiger partial charge in [-0.25, -0.2) is 4.98 Å². The molecule has 0 aliphatic rings. The van der Waals surface area contributed by atoms with E-state index < -0.39 is 6.08 Å². The maximum atomic E-state index is 11.9. The molecule has 1 heterocycles. The zero-order valence-electron chi connectivity index (χ0n) is 9.59. The van der Waals surface area contributed by atoms with Crippen LogP contribution in [0, 0.1) is 0 Å². The summed E-state index contributed by atoms with van der Waals surface area (Å²) >= 11 is 1.56. The average Bonchev–Trinajstić information content (AvgIpc) is 2.88. The Hall–Kier alpha value is -1.62. The lowest BCUT2D eigenvalue weighted by molar-refractivity contribution is 0.418. The van der Waals surface area contributed by atoms with Crippen molar-refractivity contribution in [3.63, 3.8) is 0 Å². The van der Waals surface area contributed by atoms with Gasteiger partial charge in [0.2, 0.25) is 0 Å². The van der Waals surface area contributed by atoms with Crippen molar-refractivity contribution in [2.75, 3.05) is 5.75 Å². The van der Waals surface area contributed by atoms with Crippen molar-refractivity contribution < 1.29 is 8.78 Å². The van der Waals surface area contributed by atoms with Gasteiger partial charge in [0.05, 0.1) is 12.0 Å². The molecule has 0 saturated heterocycles. The van der Waals surface area contributed by atoms with Crippen LogP contribution in [0.25, 0.3) is 5.69 Å². The molecule has 0 atom stereocenters. The minimum absolute atomic E-state index is 0.366. The van der Waals surface area contributed by atoms with Gasteiger partial charge in [0.25, 0.3) is 6.08 Å². The molecule has 0 radical (unpaired) electrons. The molecular formula is C13H12F2N2S. The number of thioether (sulfide) groups is 1. The van der Waals surface area contributed by atoms with Crippen LogP contribution in [-0.4, -0.2) is 15.3 Å². The van der Waals surface area contributed by atoms with Crippen molar-refractivity contribution in [2.24, 2.45) is 0 Å². The lowest BCUT2D eigenvalue weighted by Crippen LogP contribution is -1.92. The van der Waals surface area contributed by atoms with Crippen LogP contribution in [0.4, 0.5) is 8.78 Å². The Labute approximate surface area is 108 Å². The Bertz CT molecular complexity index is 520. The van der Waals surface area contributed by atoms with Crippen LogP contribution < -0.4 is 0 Å². The number of aromatic nitrogens is 2. The van der Waals surface area contributed by atoms with Crippen LogP contribution in [0.15, 0.2) is 60.0 Å². The summed E-state index contributed by atoms with van der Waals surface area (Å²) in [7, 11) is 0. The Kier molecular flexibility index (Phi) is 4.52. The van der Waals surface area contributed by atoms with E-state index in [0.29, 0.717) is 12.2 Å². The normalized spacial score (nSPS) is 10.3. The van der Waals surface area contributed by atoms with Crippen molar-refractivity contribution in [3.05, 3.63) is 55.1 Å². The van der Waals surface area contributed by atoms with E-state index in [1.54, 1.807) is 24.3 Å². The molecule has 0 bridgehead atoms. The van der Waals surface area contributed by atoms with Crippen molar-refractivity contribution >= 4 is 11.8 Å². The lowest BCUT2D eigenvalue weighted by Gasteiger charge is -2.08. The Morgan fingerprint density at radius 1 is 1.33 bits per heavy atom. The predicted octanol–water partition coefficient (Wildman–Crippen LogP) is 4.13. The minimum Gasteiger partial charge on any atom is -0.305 e. The lowest BCUT2D eigenvalue weighted by atomic mass is 10.3. The van der Waals surface area contributed by atoms with Crippen molar-refractivity contribution in [1.82, 2.24) is 9.55 Å². The fraction of sp³-hybridized carbons (Fsp3) is 0.154. The molecule has 94 valence electrons. The van der Waals surface area contributed by atoms with Gasteiger partial charge in [-0.1, -0.05) is 12.1 Å². The van der Waals surface area contributed by atoms with E-state index in [2.05, 4.69) is 4.98 Å². The van der Waals surface area contributed by atoms with Gasteiger partial charge in [-0.2, -0.15) is 8.78 Å². The Morgan fingerprint density at radius 2 is 2.17 bits per heavy atom. The predicted molar refractivity (Wildman–Crippen MR) is 69.2 cm³/mol. The van der Waals surface area contributed by atoms with Gasteiger partial charge in [-0.15, -0.1) is 11.8 Å². The van der Waals surface area contributed by atoms with Crippen LogP contribution in [0.5, 0.6) is 0 Å². The van der Waals surface area contributed by atoms with Gasteiger partial charge >= 0.3 is 0 Å². The second-order valence-corrected chi connectivity index (χ2v) is 4.71. The molecule has 0 N–H and O–H groups in total. The highest BCUT2D eigenvalue weighted by molar-refractivity contribution is 7.99. The monoisotopic (exact) mass is 266 g/mol. The fourth-order valence-electron chi connectivity index (χ4n) is 1.53. The van der Waals surface area contributed by atoms with E-state index in [1.807, 2.05) is 35.0 Å². The molecule has 0 fully saturated rings. The zero-order chi connectivity index (χ0) is 12.8. The van der Waals surface area contributed by atoms with Gasteiger partial charge in [-0.05, 0) is 24.6 Å². The molecule has 5 heteroatoms. The summed E-state index contributed by atoms with van der Waals surface area (Å²) in [5.74, 6) is 0.628. The summed E-state index contributed by atoms with van der Waals surface area (Å²) in [6, 6.07) is 7.85. The SMILES string of the molecule is FC(F)=CCCSc1ccccc1-n1ccnc1. The number of halogens is 2. The van der Waals surface area contributed by atoms with Gasteiger partial charge in [0, 0.05) is 23.0 Å². The third-order valence-corrected chi connectivity index (χ3v) is 3.42. The van der Waals surface area contributed by atoms with Crippen LogP contribution in [-0.2, 0) is 0 Å². The third-order valence-electron chi connectivity index (χ3n) is 2.32. The molecule has 2 nitrogen and oxygen atoms in total. The molecule has 0 aliphatic carbocycles. The number of hydrogen-bond acceptors (Lipinski definition) is 2. The second-order valence-electron chi connectivity index (χ2n) is 3.57. The minimum atomic E-state index is -1.61. The molecule has 0 aliphatic heterocycles. The van der Waals surface area contributed by atoms with Gasteiger partial charge in [0.15, 0.2) is 0 Å². The van der Waals surface area contributed by atoms with Gasteiger partial charge in [0.1, 0.15) is 0 Å². The smallest absolute Gasteiger partial charge is 0.266 e. The number of hydrogen-bond donors (Lipinski definition) is 0. The molecular weight excluding hydrogens is 254 g/mol. The molecule has 18 heavy (non-hydrogen) atoms. The summed E-state index contributed by atoms with van der Waals surface area (Å²) in [5.41, 5.74) is 1.02. The molecule has 1 aromatic heterocycles. The highest BCUT2D eigenvalue weighted by Gasteiger charge is 2.03. The maximum Gasteiger partial charge on any atom is 0.266 e. The summed E-state index contributed by atoms with van der Waals surface area (Å²) in [5, 5.41) is 0. The standard InChI is InChI=1S/C13H12F2N2S/c14-13(15)6-3-9-18-12-5-2-1-4-11(12)17-8-7-16-10-17/h1-2,4-8,10H,3,9H2. The molecule has 0 saturated carbocycles. The number of rotatable bonds is 5. The first-order valence-electron chi connectivity index (χ1n) is 5.48. The zero-order valence-corrected chi connectivity index (χ0v) is 10.4. The average molecular weight is 266 g/mol. The maximum absolute atomic E-state index is 11.9. The van der Waals surface area contributed by atoms with E-state index in [-0.39, 0.29) is 0 Å². The number of imidazole rings is 1. The summed E-state index contributed by atoms with van der Waals surface area (Å²) < 4.78 is 25.7. The van der Waals surface area contributed by atoms with Crippen molar-refractivity contribution in [3.8, 4) is 5.69 Å². The summed E-state index contributed by atoms with van der Waals surface area (Å²) in [6.45, 7) is 0. The van der Waals surface area contributed by atoms with E-state index >= 15 is 0 Å². The number of nitrogens with zero attached hydrogens (tertiary/aromatic N) is 2. The van der Waals surface area contributed by atoms with Crippen LogP contribution in [0.3, 0.4) is 0 Å². The molecule has 0 amide bonds. The van der Waals surface area contributed by atoms with E-state index in [1.165, 1.54) is 0 Å². The van der Waals surface area contributed by atoms with Crippen molar-refractivity contribution in [1.29, 1.82) is 0 Å². The molecule has 0 unspecified atom stereocenters. The molecule has 0 spiro atoms. The molecule has 2 aromatic rings. The van der Waals surface area contributed by atoms with Gasteiger partial charge < -0.3 is 4.57 Å². The fourth-order valence-corrected chi connectivity index (χ4v) is 2.48. The quantitative estimate of drug-likeness (QED) is 0.598. The summed E-state index contributed by atoms with van der Waals surface area (Å²) in [4.78, 5) is 5.06. The molecule has 2 rings (SSSR count). The Morgan fingerprint density at radius 3 is 2.89 bits per heavy atom. The largest absolute Gasteiger partial charge is 0.305 e. The third kappa shape index (κ3) is 3.43. The first-order chi connectivity index (χ1) is 8.77. The van der Waals surface area contributed by atoms with Crippen LogP contribution in [0.1, 0.15) is 6.42 Å². The first kappa shape index (κ1) is 12.8. The van der Waals surface area contributed by atoms with E-state index in [0.717, 1.165) is 16.7 Å². The van der Waals surface area contributed by atoms with Gasteiger partial charge in [-0.3, -0.25) is 0 Å². The number of para-hydroxylation sites is 1. The first-order valence-corrected chi connectivity index (χ1v) is 6.47. The number of benzene rings is 1. The van der Waals surface area contributed by atoms with E-state index in [4.69, 9.17) is 0 Å². The van der Waals surface area contributed by atoms with Crippen LogP contribution >= 0.6 is 11.8 Å². The molecule has 1 aromatic carbocycles. The second kappa shape index (κ2) is 6.35. The van der Waals surface area contributed by atoms with Crippen molar-refractivity contribution in [2.45, 2.75) is 11.3 Å². The van der Waals surface area contributed by atoms with Crippen LogP contribution in [0.2, 0.25) is 0 Å². The topological polar surface area (TPSA) is 17.8 Å². The number of allylic oxidation sites excluding steroid dienone is 1. The highest BCUT2D eigenvalue weighted by atomic mass is 32.2. The van der Waals surface area contributed by atoms with E-state index in [9.17, 15) is 8.78 Å². The highest BCUT2D eigenvalue weighted by Crippen LogP contribution is 2.26. The summed E-state index contributed by atoms with van der Waals surface area (Å²) in [6.07, 6.45) is 5.00. The Balaban J connectivity index is 2.07.